The van der Waals surface area contributed by atoms with E-state index < -0.39 is 0 Å². The first-order valence-corrected chi connectivity index (χ1v) is 22.0. The summed E-state index contributed by atoms with van der Waals surface area (Å²) in [5, 5.41) is 7.15. The summed E-state index contributed by atoms with van der Waals surface area (Å²) in [6.45, 7) is 2.34. The molecule has 0 saturated heterocycles. The van der Waals surface area contributed by atoms with E-state index >= 15 is 0 Å². The molecule has 0 amide bonds. The van der Waals surface area contributed by atoms with Gasteiger partial charge in [0.05, 0.1) is 10.7 Å². The van der Waals surface area contributed by atoms with Crippen LogP contribution in [0, 0.1) is 0 Å². The van der Waals surface area contributed by atoms with Gasteiger partial charge in [-0.1, -0.05) is 188 Å². The largest absolute Gasteiger partial charge is 0.212 e. The molecule has 2 unspecified atom stereocenters. The summed E-state index contributed by atoms with van der Waals surface area (Å²) >= 11 is 1.91. The highest BCUT2D eigenvalue weighted by molar-refractivity contribution is 8.01. The van der Waals surface area contributed by atoms with E-state index in [0.29, 0.717) is 11.6 Å². The molecule has 0 N–H and O–H groups in total. The summed E-state index contributed by atoms with van der Waals surface area (Å²) < 4.78 is -0.287. The van der Waals surface area contributed by atoms with E-state index in [0.717, 1.165) is 38.9 Å². The quantitative estimate of drug-likeness (QED) is 0.168. The Morgan fingerprint density at radius 3 is 1.87 bits per heavy atom. The van der Waals surface area contributed by atoms with Gasteiger partial charge in [-0.3, -0.25) is 0 Å². The fourth-order valence-electron chi connectivity index (χ4n) is 9.63. The molecule has 3 nitrogen and oxygen atoms in total. The second-order valence-electron chi connectivity index (χ2n) is 16.4. The Balaban J connectivity index is 1.02. The molecule has 1 aromatic heterocycles. The summed E-state index contributed by atoms with van der Waals surface area (Å²) in [7, 11) is 0. The zero-order valence-corrected chi connectivity index (χ0v) is 34.9. The number of nitrogens with zero attached hydrogens (tertiary/aromatic N) is 3. The average Bonchev–Trinajstić information content (AvgIpc) is 3.65. The predicted octanol–water partition coefficient (Wildman–Crippen LogP) is 15.3. The number of hydrogen-bond acceptors (Lipinski definition) is 4. The highest BCUT2D eigenvalue weighted by Crippen LogP contribution is 2.60. The molecule has 0 fully saturated rings. The van der Waals surface area contributed by atoms with Crippen molar-refractivity contribution in [3.05, 3.63) is 224 Å². The lowest BCUT2D eigenvalue weighted by molar-refractivity contribution is 0.664. The highest BCUT2D eigenvalue weighted by atomic mass is 32.2. The molecule has 62 heavy (non-hydrogen) atoms. The normalized spacial score (nSPS) is 16.7. The SMILES string of the molecule is CC12Sc3ccccc3C1=CC=CC2c1nc(-c2ccc(-c3cccc4ccccc34)cc2)nc(-c2cccc3ccc(-c4cc(-c5ccccc5)c5ccccc5c4)cc23)n1. The van der Waals surface area contributed by atoms with E-state index in [-0.39, 0.29) is 10.7 Å². The maximum atomic E-state index is 5.45. The van der Waals surface area contributed by atoms with E-state index in [9.17, 15) is 0 Å². The standard InChI is InChI=1S/C58H39N3S/c1-58-52(49-22-9-10-27-54(49)62-58)25-13-26-53(58)57-60-55(41-31-28-40(29-32-41)46-23-11-18-37-16-5-7-20-45(37)46)59-56(61-57)48-24-12-19-39-30-33-42(35-51(39)48)44-34-43-17-6-8-21-47(43)50(36-44)38-14-3-2-4-15-38/h2-36,53H,1H3. The van der Waals surface area contributed by atoms with Crippen LogP contribution in [0.2, 0.25) is 0 Å². The zero-order valence-electron chi connectivity index (χ0n) is 34.0. The predicted molar refractivity (Wildman–Crippen MR) is 260 cm³/mol. The molecule has 292 valence electrons. The molecular weight excluding hydrogens is 771 g/mol. The van der Waals surface area contributed by atoms with Gasteiger partial charge in [0.25, 0.3) is 0 Å². The minimum atomic E-state index is -0.287. The van der Waals surface area contributed by atoms with Crippen LogP contribution in [0.1, 0.15) is 24.2 Å². The number of fused-ring (bicyclic) bond motifs is 6. The summed E-state index contributed by atoms with van der Waals surface area (Å²) in [6, 6.07) is 69.8. The summed E-state index contributed by atoms with van der Waals surface area (Å²) in [4.78, 5) is 17.5. The lowest BCUT2D eigenvalue weighted by atomic mass is 9.79. The monoisotopic (exact) mass is 809 g/mol. The number of rotatable bonds is 6. The van der Waals surface area contributed by atoms with Crippen molar-refractivity contribution in [1.29, 1.82) is 0 Å². The first kappa shape index (κ1) is 36.5. The molecular formula is C58H39N3S. The van der Waals surface area contributed by atoms with E-state index in [2.05, 4.69) is 219 Å². The Labute approximate surface area is 365 Å². The Morgan fingerprint density at radius 1 is 0.419 bits per heavy atom. The van der Waals surface area contributed by atoms with Crippen LogP contribution in [-0.2, 0) is 0 Å². The minimum Gasteiger partial charge on any atom is -0.212 e. The fourth-order valence-corrected chi connectivity index (χ4v) is 11.1. The number of aromatic nitrogens is 3. The van der Waals surface area contributed by atoms with Gasteiger partial charge in [-0.25, -0.2) is 15.0 Å². The van der Waals surface area contributed by atoms with Crippen LogP contribution < -0.4 is 0 Å². The van der Waals surface area contributed by atoms with Crippen LogP contribution in [0.15, 0.2) is 217 Å². The Hall–Kier alpha value is -7.40. The van der Waals surface area contributed by atoms with Crippen molar-refractivity contribution in [2.24, 2.45) is 0 Å². The third kappa shape index (κ3) is 6.09. The molecule has 0 spiro atoms. The van der Waals surface area contributed by atoms with Crippen molar-refractivity contribution < 1.29 is 0 Å². The first-order valence-electron chi connectivity index (χ1n) is 21.2. The lowest BCUT2D eigenvalue weighted by Gasteiger charge is -2.34. The summed E-state index contributed by atoms with van der Waals surface area (Å²) in [5.74, 6) is 2.01. The van der Waals surface area contributed by atoms with Crippen LogP contribution in [-0.4, -0.2) is 19.7 Å². The minimum absolute atomic E-state index is 0.0881. The molecule has 12 rings (SSSR count). The second-order valence-corrected chi connectivity index (χ2v) is 17.9. The third-order valence-electron chi connectivity index (χ3n) is 12.8. The van der Waals surface area contributed by atoms with Crippen molar-refractivity contribution in [2.75, 3.05) is 0 Å². The molecule has 9 aromatic carbocycles. The van der Waals surface area contributed by atoms with Crippen LogP contribution in [0.5, 0.6) is 0 Å². The highest BCUT2D eigenvalue weighted by Gasteiger charge is 2.47. The first-order chi connectivity index (χ1) is 30.6. The van der Waals surface area contributed by atoms with Crippen LogP contribution in [0.25, 0.3) is 94.0 Å². The Kier molecular flexibility index (Phi) is 8.62. The molecule has 2 heterocycles. The van der Waals surface area contributed by atoms with Crippen molar-refractivity contribution in [2.45, 2.75) is 22.5 Å². The molecule has 0 saturated carbocycles. The van der Waals surface area contributed by atoms with Gasteiger partial charge in [0.1, 0.15) is 5.82 Å². The van der Waals surface area contributed by atoms with Gasteiger partial charge >= 0.3 is 0 Å². The van der Waals surface area contributed by atoms with Gasteiger partial charge in [-0.15, -0.1) is 11.8 Å². The fraction of sp³-hybridized carbons (Fsp3) is 0.0517. The van der Waals surface area contributed by atoms with E-state index in [1.165, 1.54) is 59.8 Å². The van der Waals surface area contributed by atoms with Crippen LogP contribution in [0.3, 0.4) is 0 Å². The molecule has 0 radical (unpaired) electrons. The number of allylic oxidation sites excluding steroid dienone is 3. The Morgan fingerprint density at radius 2 is 1.03 bits per heavy atom. The number of thioether (sulfide) groups is 1. The lowest BCUT2D eigenvalue weighted by Crippen LogP contribution is -2.30. The Bertz CT molecular complexity index is 3460. The van der Waals surface area contributed by atoms with Gasteiger partial charge in [0, 0.05) is 16.0 Å². The topological polar surface area (TPSA) is 38.7 Å². The van der Waals surface area contributed by atoms with Crippen molar-refractivity contribution in [1.82, 2.24) is 15.0 Å². The van der Waals surface area contributed by atoms with Crippen LogP contribution >= 0.6 is 11.8 Å². The van der Waals surface area contributed by atoms with E-state index in [4.69, 9.17) is 15.0 Å². The molecule has 2 aliphatic rings. The zero-order chi connectivity index (χ0) is 41.2. The molecule has 4 heteroatoms. The molecule has 2 atom stereocenters. The second kappa shape index (κ2) is 14.7. The molecule has 10 aromatic rings. The van der Waals surface area contributed by atoms with Gasteiger partial charge in [0.15, 0.2) is 11.6 Å². The molecule has 1 aliphatic carbocycles. The maximum Gasteiger partial charge on any atom is 0.164 e. The van der Waals surface area contributed by atoms with E-state index in [1.807, 2.05) is 11.8 Å². The van der Waals surface area contributed by atoms with Crippen molar-refractivity contribution in [3.8, 4) is 56.2 Å². The van der Waals surface area contributed by atoms with Gasteiger partial charge in [-0.05, 0) is 108 Å². The average molecular weight is 810 g/mol. The molecule has 1 aliphatic heterocycles. The maximum absolute atomic E-state index is 5.45. The van der Waals surface area contributed by atoms with Crippen LogP contribution in [0.4, 0.5) is 0 Å². The van der Waals surface area contributed by atoms with Crippen molar-refractivity contribution >= 4 is 49.7 Å². The van der Waals surface area contributed by atoms with Gasteiger partial charge < -0.3 is 0 Å². The van der Waals surface area contributed by atoms with Crippen molar-refractivity contribution in [3.63, 3.8) is 0 Å². The smallest absolute Gasteiger partial charge is 0.164 e. The number of benzene rings is 9. The number of hydrogen-bond donors (Lipinski definition) is 0. The molecule has 0 bridgehead atoms. The third-order valence-corrected chi connectivity index (χ3v) is 14.2. The van der Waals surface area contributed by atoms with E-state index in [1.54, 1.807) is 0 Å². The summed E-state index contributed by atoms with van der Waals surface area (Å²) in [5.41, 5.74) is 11.6. The van der Waals surface area contributed by atoms with Gasteiger partial charge in [0.2, 0.25) is 0 Å². The summed E-state index contributed by atoms with van der Waals surface area (Å²) in [6.07, 6.45) is 6.73. The van der Waals surface area contributed by atoms with Gasteiger partial charge in [-0.2, -0.15) is 0 Å².